The molecule has 3 heterocycles. The third-order valence-corrected chi connectivity index (χ3v) is 6.12. The molecule has 7 nitrogen and oxygen atoms in total. The topological polar surface area (TPSA) is 89.3 Å². The lowest BCUT2D eigenvalue weighted by molar-refractivity contribution is -0.138. The molecule has 0 bridgehead atoms. The van der Waals surface area contributed by atoms with Crippen molar-refractivity contribution in [3.63, 3.8) is 0 Å². The van der Waals surface area contributed by atoms with Crippen molar-refractivity contribution in [2.75, 3.05) is 36.4 Å². The Kier molecular flexibility index (Phi) is 7.00. The van der Waals surface area contributed by atoms with Gasteiger partial charge in [0.15, 0.2) is 0 Å². The van der Waals surface area contributed by atoms with Crippen molar-refractivity contribution in [3.05, 3.63) is 63.3 Å². The van der Waals surface area contributed by atoms with Crippen LogP contribution in [0.4, 0.5) is 28.9 Å². The van der Waals surface area contributed by atoms with Crippen molar-refractivity contribution in [2.45, 2.75) is 38.5 Å². The lowest BCUT2D eigenvalue weighted by atomic mass is 9.97. The molecule has 0 unspecified atom stereocenters. The van der Waals surface area contributed by atoms with E-state index in [4.69, 9.17) is 0 Å². The number of piperazine rings is 1. The van der Waals surface area contributed by atoms with Gasteiger partial charge in [-0.1, -0.05) is 6.08 Å². The highest BCUT2D eigenvalue weighted by molar-refractivity contribution is 6.07. The minimum Gasteiger partial charge on any atom is -0.367 e. The normalized spacial score (nSPS) is 21.0. The molecule has 188 valence electrons. The van der Waals surface area contributed by atoms with Gasteiger partial charge in [0.2, 0.25) is 5.56 Å². The van der Waals surface area contributed by atoms with Crippen LogP contribution in [-0.4, -0.2) is 49.2 Å². The first-order valence-corrected chi connectivity index (χ1v) is 11.4. The first-order chi connectivity index (χ1) is 16.5. The second kappa shape index (κ2) is 9.82. The summed E-state index contributed by atoms with van der Waals surface area (Å²) in [4.78, 5) is 28.6. The van der Waals surface area contributed by atoms with Gasteiger partial charge in [0.25, 0.3) is 5.91 Å². The van der Waals surface area contributed by atoms with Gasteiger partial charge in [-0.15, -0.1) is 0 Å². The molecule has 35 heavy (non-hydrogen) atoms. The van der Waals surface area contributed by atoms with Gasteiger partial charge in [-0.2, -0.15) is 13.2 Å². The van der Waals surface area contributed by atoms with Crippen LogP contribution in [0.1, 0.15) is 41.8 Å². The zero-order valence-corrected chi connectivity index (χ0v) is 19.4. The summed E-state index contributed by atoms with van der Waals surface area (Å²) in [7, 11) is 0. The van der Waals surface area contributed by atoms with Gasteiger partial charge in [-0.25, -0.2) is 4.39 Å². The summed E-state index contributed by atoms with van der Waals surface area (Å²) in [6.45, 7) is 6.21. The maximum Gasteiger partial charge on any atom is 0.417 e. The molecule has 1 aromatic carbocycles. The first kappa shape index (κ1) is 24.9. The van der Waals surface area contributed by atoms with Crippen molar-refractivity contribution in [3.8, 4) is 0 Å². The molecule has 1 fully saturated rings. The van der Waals surface area contributed by atoms with Gasteiger partial charge in [0.1, 0.15) is 5.82 Å². The van der Waals surface area contributed by atoms with Gasteiger partial charge in [-0.3, -0.25) is 9.59 Å². The summed E-state index contributed by atoms with van der Waals surface area (Å²) in [5.41, 5.74) is -1.41. The fourth-order valence-corrected chi connectivity index (χ4v) is 4.64. The number of halogens is 4. The fourth-order valence-electron chi connectivity index (χ4n) is 4.64. The summed E-state index contributed by atoms with van der Waals surface area (Å²) in [5.74, 6) is -1.52. The Hall–Kier alpha value is -3.18. The Morgan fingerprint density at radius 1 is 1.14 bits per heavy atom. The number of hydrogen-bond acceptors (Lipinski definition) is 5. The maximum atomic E-state index is 15.3. The number of alkyl halides is 3. The van der Waals surface area contributed by atoms with Crippen LogP contribution < -0.4 is 26.4 Å². The van der Waals surface area contributed by atoms with Gasteiger partial charge in [-0.05, 0) is 44.5 Å². The van der Waals surface area contributed by atoms with Crippen molar-refractivity contribution in [1.29, 1.82) is 0 Å². The molecule has 2 aromatic rings. The van der Waals surface area contributed by atoms with Crippen molar-refractivity contribution >= 4 is 22.9 Å². The van der Waals surface area contributed by atoms with Crippen LogP contribution in [0.25, 0.3) is 5.57 Å². The number of nitrogens with zero attached hydrogens (tertiary/aromatic N) is 1. The largest absolute Gasteiger partial charge is 0.417 e. The van der Waals surface area contributed by atoms with Gasteiger partial charge in [0, 0.05) is 49.5 Å². The summed E-state index contributed by atoms with van der Waals surface area (Å²) in [5, 5.41) is 9.09. The number of carbonyl (C=O) groups is 1. The summed E-state index contributed by atoms with van der Waals surface area (Å²) in [6, 6.07) is 3.32. The van der Waals surface area contributed by atoms with Crippen LogP contribution in [0.3, 0.4) is 0 Å². The number of H-pyrrole nitrogens is 1. The molecule has 4 N–H and O–H groups in total. The predicted molar refractivity (Wildman–Crippen MR) is 126 cm³/mol. The zero-order valence-electron chi connectivity index (χ0n) is 19.4. The average molecular weight is 494 g/mol. The van der Waals surface area contributed by atoms with Crippen molar-refractivity contribution in [1.82, 2.24) is 15.6 Å². The van der Waals surface area contributed by atoms with E-state index in [-0.39, 0.29) is 17.8 Å². The molecule has 0 aliphatic carbocycles. The standard InChI is InChI=1S/C24H27F4N5O2/c1-13-11-33(12-14(2)31-13)21-9-19(25)16(15-3-5-29-6-4-15)7-20(21)32-23(35)17-10-30-22(34)8-18(17)24(26,27)28/h3,7-10,13-14,29,31H,4-6,11-12H2,1-2H3,(H,30,34)(H,32,35)/t13-,14+. The molecule has 0 spiro atoms. The molecule has 2 atom stereocenters. The Labute approximate surface area is 199 Å². The third kappa shape index (κ3) is 5.57. The number of hydrogen-bond donors (Lipinski definition) is 4. The number of pyridine rings is 1. The molecular weight excluding hydrogens is 466 g/mol. The van der Waals surface area contributed by atoms with E-state index in [2.05, 4.69) is 20.9 Å². The number of benzene rings is 1. The molecule has 0 radical (unpaired) electrons. The van der Waals surface area contributed by atoms with Crippen LogP contribution in [-0.2, 0) is 6.18 Å². The third-order valence-electron chi connectivity index (χ3n) is 6.12. The van der Waals surface area contributed by atoms with Crippen LogP contribution in [0, 0.1) is 5.82 Å². The molecular formula is C24H27F4N5O2. The summed E-state index contributed by atoms with van der Waals surface area (Å²) >= 11 is 0. The molecule has 2 aliphatic rings. The Balaban J connectivity index is 1.78. The van der Waals surface area contributed by atoms with Crippen LogP contribution in [0.2, 0.25) is 0 Å². The predicted octanol–water partition coefficient (Wildman–Crippen LogP) is 3.35. The zero-order chi connectivity index (χ0) is 25.3. The monoisotopic (exact) mass is 493 g/mol. The number of carbonyl (C=O) groups excluding carboxylic acids is 1. The highest BCUT2D eigenvalue weighted by Crippen LogP contribution is 2.36. The maximum absolute atomic E-state index is 15.3. The van der Waals surface area contributed by atoms with E-state index in [0.717, 1.165) is 11.8 Å². The lowest BCUT2D eigenvalue weighted by Gasteiger charge is -2.38. The number of nitrogens with one attached hydrogen (secondary N) is 4. The highest BCUT2D eigenvalue weighted by atomic mass is 19.4. The quantitative estimate of drug-likeness (QED) is 0.491. The first-order valence-electron chi connectivity index (χ1n) is 11.4. The minimum absolute atomic E-state index is 0.0770. The van der Waals surface area contributed by atoms with Crippen LogP contribution in [0.15, 0.2) is 35.3 Å². The molecule has 0 saturated carbocycles. The Morgan fingerprint density at radius 3 is 2.49 bits per heavy atom. The molecule has 1 saturated heterocycles. The number of anilines is 2. The van der Waals surface area contributed by atoms with Crippen molar-refractivity contribution < 1.29 is 22.4 Å². The molecule has 4 rings (SSSR count). The number of aromatic amines is 1. The second-order valence-corrected chi connectivity index (χ2v) is 8.98. The molecule has 2 aliphatic heterocycles. The van der Waals surface area contributed by atoms with Gasteiger partial charge in [0.05, 0.1) is 22.5 Å². The second-order valence-electron chi connectivity index (χ2n) is 8.98. The highest BCUT2D eigenvalue weighted by Gasteiger charge is 2.36. The smallest absolute Gasteiger partial charge is 0.367 e. The molecule has 11 heteroatoms. The summed E-state index contributed by atoms with van der Waals surface area (Å²) < 4.78 is 55.9. The minimum atomic E-state index is -4.90. The number of amides is 1. The average Bonchev–Trinajstić information content (AvgIpc) is 2.79. The van der Waals surface area contributed by atoms with E-state index >= 15 is 4.39 Å². The van der Waals surface area contributed by atoms with Crippen LogP contribution in [0.5, 0.6) is 0 Å². The van der Waals surface area contributed by atoms with E-state index in [1.54, 1.807) is 0 Å². The fraction of sp³-hybridized carbons (Fsp3) is 0.417. The van der Waals surface area contributed by atoms with E-state index in [9.17, 15) is 22.8 Å². The SMILES string of the molecule is C[C@@H]1CN(c2cc(F)c(C3=CCNCC3)cc2NC(=O)c2c[nH]c(=O)cc2C(F)(F)F)C[C@H](C)N1. The van der Waals surface area contributed by atoms with E-state index in [1.165, 1.54) is 12.1 Å². The van der Waals surface area contributed by atoms with E-state index in [0.29, 0.717) is 49.9 Å². The molecule has 1 amide bonds. The Morgan fingerprint density at radius 2 is 1.86 bits per heavy atom. The van der Waals surface area contributed by atoms with Crippen LogP contribution >= 0.6 is 0 Å². The van der Waals surface area contributed by atoms with E-state index < -0.39 is 34.6 Å². The number of aromatic nitrogens is 1. The van der Waals surface area contributed by atoms with Crippen molar-refractivity contribution in [2.24, 2.45) is 0 Å². The summed E-state index contributed by atoms with van der Waals surface area (Å²) in [6.07, 6.45) is -1.73. The lowest BCUT2D eigenvalue weighted by Crippen LogP contribution is -2.54. The molecule has 1 aromatic heterocycles. The Bertz CT molecular complexity index is 1200. The van der Waals surface area contributed by atoms with Gasteiger partial charge >= 0.3 is 6.18 Å². The van der Waals surface area contributed by atoms with Gasteiger partial charge < -0.3 is 25.8 Å². The van der Waals surface area contributed by atoms with E-state index in [1.807, 2.05) is 24.8 Å². The number of rotatable bonds is 4.